The Bertz CT molecular complexity index is 2590. The van der Waals surface area contributed by atoms with Gasteiger partial charge in [0, 0.05) is 69.1 Å². The van der Waals surface area contributed by atoms with Gasteiger partial charge in [0.1, 0.15) is 22.9 Å². The Labute approximate surface area is 364 Å². The first kappa shape index (κ1) is 43.2. The highest BCUT2D eigenvalue weighted by atomic mass is 16.5. The van der Waals surface area contributed by atoms with Crippen LogP contribution >= 0.6 is 0 Å². The maximum Gasteiger partial charge on any atom is 0.276 e. The van der Waals surface area contributed by atoms with Gasteiger partial charge in [-0.05, 0) is 95.8 Å². The van der Waals surface area contributed by atoms with Crippen LogP contribution in [0.5, 0.6) is 23.3 Å². The van der Waals surface area contributed by atoms with E-state index in [1.165, 1.54) is 44.6 Å². The average Bonchev–Trinajstić information content (AvgIpc) is 3.35. The third-order valence-corrected chi connectivity index (χ3v) is 10.7. The van der Waals surface area contributed by atoms with E-state index in [1.807, 2.05) is 36.4 Å². The Kier molecular flexibility index (Phi) is 13.5. The van der Waals surface area contributed by atoms with Gasteiger partial charge >= 0.3 is 0 Å². The van der Waals surface area contributed by atoms with Crippen molar-refractivity contribution in [3.63, 3.8) is 0 Å². The fraction of sp³-hybridized carbons (Fsp3) is 0.234. The first-order valence-electron chi connectivity index (χ1n) is 20.0. The Morgan fingerprint density at radius 3 is 1.56 bits per heavy atom. The molecule has 2 aliphatic rings. The lowest BCUT2D eigenvalue weighted by molar-refractivity contribution is 0.0727. The number of carbonyl (C=O) groups excluding carboxylic acids is 4. The molecule has 6 aromatic rings. The highest BCUT2D eigenvalue weighted by Gasteiger charge is 2.25. The van der Waals surface area contributed by atoms with Crippen molar-refractivity contribution in [1.82, 2.24) is 29.7 Å². The minimum atomic E-state index is -0.310. The van der Waals surface area contributed by atoms with E-state index >= 15 is 0 Å². The van der Waals surface area contributed by atoms with Crippen LogP contribution in [0.2, 0.25) is 0 Å². The van der Waals surface area contributed by atoms with Crippen molar-refractivity contribution in [3.05, 3.63) is 154 Å². The Morgan fingerprint density at radius 2 is 1.08 bits per heavy atom. The predicted octanol–water partition coefficient (Wildman–Crippen LogP) is 5.91. The molecule has 0 radical (unpaired) electrons. The second-order valence-corrected chi connectivity index (χ2v) is 14.6. The van der Waals surface area contributed by atoms with Crippen molar-refractivity contribution < 1.29 is 38.1 Å². The van der Waals surface area contributed by atoms with Crippen molar-refractivity contribution in [2.24, 2.45) is 0 Å². The monoisotopic (exact) mass is 850 g/mol. The molecular weight excluding hydrogens is 805 g/mol. The van der Waals surface area contributed by atoms with E-state index in [1.54, 1.807) is 84.5 Å². The fourth-order valence-electron chi connectivity index (χ4n) is 7.10. The number of nitrogens with one attached hydrogen (secondary N) is 1. The lowest BCUT2D eigenvalue weighted by Crippen LogP contribution is -2.36. The zero-order chi connectivity index (χ0) is 44.5. The number of fused-ring (bicyclic) bond motifs is 2. The van der Waals surface area contributed by atoms with Crippen LogP contribution in [-0.4, -0.2) is 102 Å². The second-order valence-electron chi connectivity index (χ2n) is 14.6. The zero-order valence-electron chi connectivity index (χ0n) is 35.5. The van der Waals surface area contributed by atoms with Gasteiger partial charge in [-0.2, -0.15) is 0 Å². The molecule has 4 aromatic heterocycles. The topological polar surface area (TPSA) is 179 Å². The molecule has 0 spiro atoms. The number of hydrogen-bond donors (Lipinski definition) is 1. The molecule has 0 bridgehead atoms. The molecule has 6 heterocycles. The molecule has 1 N–H and O–H groups in total. The number of anilines is 2. The van der Waals surface area contributed by atoms with E-state index in [0.717, 1.165) is 35.2 Å². The lowest BCUT2D eigenvalue weighted by Gasteiger charge is -2.30. The molecule has 0 saturated heterocycles. The molecule has 2 aromatic carbocycles. The molecule has 16 heteroatoms. The molecule has 0 fully saturated rings. The molecule has 4 amide bonds. The molecule has 16 nitrogen and oxygen atoms in total. The maximum atomic E-state index is 12.9. The third kappa shape index (κ3) is 10.2. The summed E-state index contributed by atoms with van der Waals surface area (Å²) in [7, 11) is 7.88. The van der Waals surface area contributed by atoms with Gasteiger partial charge < -0.3 is 39.0 Å². The van der Waals surface area contributed by atoms with E-state index in [4.69, 9.17) is 18.9 Å². The van der Waals surface area contributed by atoms with Crippen molar-refractivity contribution in [2.45, 2.75) is 25.9 Å². The molecule has 0 unspecified atom stereocenters. The van der Waals surface area contributed by atoms with Crippen LogP contribution in [0.15, 0.2) is 110 Å². The summed E-state index contributed by atoms with van der Waals surface area (Å²) in [6, 6.07) is 25.1. The SMILES string of the molecule is COc1ccc(C(=O)N(C)c2ccc3c(c2)CN(C(=O)c2ccc(OC)nc2)CC3)nc1.COc1ccc(C(=O)Nc2ccc3c(c2)CN(C(=O)c2ccc(OC)nc2)CC3)nc1. The highest BCUT2D eigenvalue weighted by molar-refractivity contribution is 6.04. The van der Waals surface area contributed by atoms with Crippen LogP contribution in [0.25, 0.3) is 0 Å². The fourth-order valence-corrected chi connectivity index (χ4v) is 7.10. The summed E-state index contributed by atoms with van der Waals surface area (Å²) in [5.41, 5.74) is 7.41. The van der Waals surface area contributed by atoms with E-state index in [2.05, 4.69) is 25.3 Å². The largest absolute Gasteiger partial charge is 0.495 e. The van der Waals surface area contributed by atoms with Gasteiger partial charge in [-0.3, -0.25) is 19.2 Å². The first-order chi connectivity index (χ1) is 30.6. The summed E-state index contributed by atoms with van der Waals surface area (Å²) in [6.07, 6.45) is 7.57. The van der Waals surface area contributed by atoms with E-state index < -0.39 is 0 Å². The Hall–Kier alpha value is -7.88. The van der Waals surface area contributed by atoms with E-state index in [0.29, 0.717) is 77.6 Å². The summed E-state index contributed by atoms with van der Waals surface area (Å²) < 4.78 is 20.3. The second kappa shape index (κ2) is 19.7. The minimum absolute atomic E-state index is 0.0805. The van der Waals surface area contributed by atoms with Gasteiger partial charge in [-0.25, -0.2) is 19.9 Å². The minimum Gasteiger partial charge on any atom is -0.495 e. The van der Waals surface area contributed by atoms with Gasteiger partial charge in [0.25, 0.3) is 23.6 Å². The number of carbonyl (C=O) groups is 4. The molecule has 0 saturated carbocycles. The summed E-state index contributed by atoms with van der Waals surface area (Å²) in [5, 5.41) is 2.86. The number of amides is 4. The molecular formula is C47H46N8O8. The summed E-state index contributed by atoms with van der Waals surface area (Å²) >= 11 is 0. The van der Waals surface area contributed by atoms with Crippen LogP contribution in [0.3, 0.4) is 0 Å². The van der Waals surface area contributed by atoms with Gasteiger partial charge in [0.2, 0.25) is 11.8 Å². The lowest BCUT2D eigenvalue weighted by atomic mass is 9.98. The molecule has 63 heavy (non-hydrogen) atoms. The number of methoxy groups -OCH3 is 4. The highest BCUT2D eigenvalue weighted by Crippen LogP contribution is 2.28. The van der Waals surface area contributed by atoms with Crippen molar-refractivity contribution in [3.8, 4) is 23.3 Å². The van der Waals surface area contributed by atoms with Gasteiger partial charge in [0.15, 0.2) is 0 Å². The summed E-state index contributed by atoms with van der Waals surface area (Å²) in [5.74, 6) is 1.41. The molecule has 8 rings (SSSR count). The van der Waals surface area contributed by atoms with Crippen molar-refractivity contribution in [1.29, 1.82) is 0 Å². The van der Waals surface area contributed by atoms with Crippen LogP contribution in [0.1, 0.15) is 63.9 Å². The van der Waals surface area contributed by atoms with E-state index in [9.17, 15) is 19.2 Å². The predicted molar refractivity (Wildman–Crippen MR) is 234 cm³/mol. The number of hydrogen-bond acceptors (Lipinski definition) is 12. The zero-order valence-corrected chi connectivity index (χ0v) is 35.5. The van der Waals surface area contributed by atoms with Gasteiger partial charge in [-0.15, -0.1) is 0 Å². The quantitative estimate of drug-likeness (QED) is 0.173. The third-order valence-electron chi connectivity index (χ3n) is 10.7. The van der Waals surface area contributed by atoms with Crippen LogP contribution in [0.4, 0.5) is 11.4 Å². The van der Waals surface area contributed by atoms with Crippen molar-refractivity contribution >= 4 is 35.0 Å². The number of rotatable bonds is 10. The summed E-state index contributed by atoms with van der Waals surface area (Å²) in [6.45, 7) is 2.18. The normalized spacial score (nSPS) is 12.7. The summed E-state index contributed by atoms with van der Waals surface area (Å²) in [4.78, 5) is 72.8. The number of pyridine rings is 4. The van der Waals surface area contributed by atoms with Crippen LogP contribution < -0.4 is 29.2 Å². The van der Waals surface area contributed by atoms with Crippen LogP contribution in [0, 0.1) is 0 Å². The Balaban J connectivity index is 0.000000189. The van der Waals surface area contributed by atoms with Crippen molar-refractivity contribution in [2.75, 3.05) is 58.8 Å². The molecule has 2 aliphatic heterocycles. The number of ether oxygens (including phenoxy) is 4. The first-order valence-corrected chi connectivity index (χ1v) is 20.0. The smallest absolute Gasteiger partial charge is 0.276 e. The van der Waals surface area contributed by atoms with Gasteiger partial charge in [-0.1, -0.05) is 12.1 Å². The number of aromatic nitrogens is 4. The van der Waals surface area contributed by atoms with Gasteiger partial charge in [0.05, 0.1) is 52.0 Å². The molecule has 0 aliphatic carbocycles. The molecule has 322 valence electrons. The average molecular weight is 851 g/mol. The number of benzene rings is 2. The van der Waals surface area contributed by atoms with Crippen LogP contribution in [-0.2, 0) is 25.9 Å². The number of nitrogens with zero attached hydrogens (tertiary/aromatic N) is 7. The molecule has 0 atom stereocenters. The van der Waals surface area contributed by atoms with E-state index in [-0.39, 0.29) is 23.6 Å². The maximum absolute atomic E-state index is 12.9. The Morgan fingerprint density at radius 1 is 0.556 bits per heavy atom. The standard InChI is InChI=1S/C24H24N4O4.C23H22N4O4/c1-27(24(30)21-8-7-20(31-2)14-25-21)19-6-4-16-10-11-28(15-18(16)12-19)23(29)17-5-9-22(32-3)26-13-17;1-30-19-6-7-20(24-13-19)22(28)26-18-5-3-15-9-10-27(14-17(15)11-18)23(29)16-4-8-21(31-2)25-12-16/h4-9,12-14H,10-11,15H2,1-3H3;3-8,11-13H,9-10,14H2,1-2H3,(H,26,28).